The van der Waals surface area contributed by atoms with Crippen molar-refractivity contribution < 1.29 is 4.74 Å². The molecule has 0 saturated heterocycles. The lowest BCUT2D eigenvalue weighted by molar-refractivity contribution is 0.306. The van der Waals surface area contributed by atoms with Gasteiger partial charge in [-0.15, -0.1) is 0 Å². The van der Waals surface area contributed by atoms with E-state index in [9.17, 15) is 0 Å². The number of anilines is 1. The lowest BCUT2D eigenvalue weighted by Crippen LogP contribution is -2.02. The summed E-state index contributed by atoms with van der Waals surface area (Å²) in [4.78, 5) is 4.46. The molecule has 3 heteroatoms. The van der Waals surface area contributed by atoms with Gasteiger partial charge in [-0.2, -0.15) is 0 Å². The number of aromatic nitrogens is 1. The van der Waals surface area contributed by atoms with Crippen molar-refractivity contribution in [3.8, 4) is 5.75 Å². The van der Waals surface area contributed by atoms with E-state index < -0.39 is 0 Å². The Balaban J connectivity index is 1.86. The van der Waals surface area contributed by atoms with Gasteiger partial charge in [-0.1, -0.05) is 44.2 Å². The molecule has 1 aromatic heterocycles. The molecule has 0 fully saturated rings. The topological polar surface area (TPSA) is 48.1 Å². The van der Waals surface area contributed by atoms with E-state index in [4.69, 9.17) is 10.5 Å². The van der Waals surface area contributed by atoms with Gasteiger partial charge in [-0.25, -0.2) is 0 Å². The molecule has 118 valence electrons. The standard InChI is InChI=1S/C20H22N2O/c1-14(2)10-18-17-9-8-16(11-20(17)22-12-19(18)21)23-13-15-6-4-3-5-7-15/h3-9,11-12,14H,10,13,21H2,1-2H3. The summed E-state index contributed by atoms with van der Waals surface area (Å²) in [6.45, 7) is 4.95. The van der Waals surface area contributed by atoms with Gasteiger partial charge in [-0.05, 0) is 35.6 Å². The summed E-state index contributed by atoms with van der Waals surface area (Å²) >= 11 is 0. The number of ether oxygens (including phenoxy) is 1. The summed E-state index contributed by atoms with van der Waals surface area (Å²) in [6.07, 6.45) is 2.70. The Morgan fingerprint density at radius 2 is 1.87 bits per heavy atom. The van der Waals surface area contributed by atoms with Crippen LogP contribution in [0.4, 0.5) is 5.69 Å². The number of nitrogens with two attached hydrogens (primary N) is 1. The fourth-order valence-electron chi connectivity index (χ4n) is 2.71. The molecule has 0 bridgehead atoms. The van der Waals surface area contributed by atoms with E-state index in [1.807, 2.05) is 30.3 Å². The summed E-state index contributed by atoms with van der Waals surface area (Å²) in [5.74, 6) is 1.38. The number of rotatable bonds is 5. The third kappa shape index (κ3) is 3.62. The van der Waals surface area contributed by atoms with Crippen LogP contribution in [0.5, 0.6) is 5.75 Å². The smallest absolute Gasteiger partial charge is 0.122 e. The minimum atomic E-state index is 0.553. The number of benzene rings is 2. The second kappa shape index (κ2) is 6.69. The average molecular weight is 306 g/mol. The third-order valence-corrected chi connectivity index (χ3v) is 3.85. The predicted molar refractivity (Wildman–Crippen MR) is 95.5 cm³/mol. The molecule has 23 heavy (non-hydrogen) atoms. The molecule has 0 radical (unpaired) electrons. The molecule has 0 saturated carbocycles. The number of pyridine rings is 1. The molecule has 0 spiro atoms. The van der Waals surface area contributed by atoms with E-state index in [1.54, 1.807) is 6.20 Å². The fourth-order valence-corrected chi connectivity index (χ4v) is 2.71. The van der Waals surface area contributed by atoms with E-state index in [0.29, 0.717) is 12.5 Å². The van der Waals surface area contributed by atoms with E-state index in [2.05, 4.69) is 37.0 Å². The molecule has 2 aromatic carbocycles. The molecule has 0 aliphatic carbocycles. The second-order valence-electron chi connectivity index (χ2n) is 6.24. The van der Waals surface area contributed by atoms with Crippen molar-refractivity contribution in [3.63, 3.8) is 0 Å². The van der Waals surface area contributed by atoms with Gasteiger partial charge in [0.2, 0.25) is 0 Å². The highest BCUT2D eigenvalue weighted by Gasteiger charge is 2.09. The number of nitrogens with zero attached hydrogens (tertiary/aromatic N) is 1. The van der Waals surface area contributed by atoms with Crippen LogP contribution >= 0.6 is 0 Å². The van der Waals surface area contributed by atoms with Gasteiger partial charge >= 0.3 is 0 Å². The van der Waals surface area contributed by atoms with Crippen LogP contribution in [0, 0.1) is 5.92 Å². The first kappa shape index (κ1) is 15.3. The van der Waals surface area contributed by atoms with Crippen LogP contribution in [0.2, 0.25) is 0 Å². The van der Waals surface area contributed by atoms with Crippen LogP contribution in [-0.2, 0) is 13.0 Å². The molecule has 1 heterocycles. The van der Waals surface area contributed by atoms with Crippen molar-refractivity contribution in [1.82, 2.24) is 4.98 Å². The van der Waals surface area contributed by atoms with Crippen LogP contribution < -0.4 is 10.5 Å². The monoisotopic (exact) mass is 306 g/mol. The zero-order valence-electron chi connectivity index (χ0n) is 13.6. The Kier molecular flexibility index (Phi) is 4.47. The average Bonchev–Trinajstić information content (AvgIpc) is 2.56. The first-order valence-corrected chi connectivity index (χ1v) is 7.97. The molecule has 3 aromatic rings. The Hall–Kier alpha value is -2.55. The Morgan fingerprint density at radius 3 is 2.61 bits per heavy atom. The van der Waals surface area contributed by atoms with Gasteiger partial charge in [0.05, 0.1) is 17.4 Å². The van der Waals surface area contributed by atoms with Crippen molar-refractivity contribution in [1.29, 1.82) is 0 Å². The third-order valence-electron chi connectivity index (χ3n) is 3.85. The van der Waals surface area contributed by atoms with Gasteiger partial charge in [0.1, 0.15) is 12.4 Å². The van der Waals surface area contributed by atoms with E-state index in [1.165, 1.54) is 5.56 Å². The van der Waals surface area contributed by atoms with E-state index >= 15 is 0 Å². The van der Waals surface area contributed by atoms with Gasteiger partial charge in [-0.3, -0.25) is 4.98 Å². The summed E-state index contributed by atoms with van der Waals surface area (Å²) in [5, 5.41) is 1.12. The van der Waals surface area contributed by atoms with Crippen LogP contribution in [0.25, 0.3) is 10.9 Å². The van der Waals surface area contributed by atoms with E-state index in [0.717, 1.165) is 34.3 Å². The Morgan fingerprint density at radius 1 is 1.09 bits per heavy atom. The van der Waals surface area contributed by atoms with Crippen molar-refractivity contribution in [2.75, 3.05) is 5.73 Å². The molecule has 0 aliphatic rings. The van der Waals surface area contributed by atoms with Crippen LogP contribution in [-0.4, -0.2) is 4.98 Å². The molecule has 3 nitrogen and oxygen atoms in total. The SMILES string of the molecule is CC(C)Cc1c(N)cnc2cc(OCc3ccccc3)ccc12. The number of fused-ring (bicyclic) bond motifs is 1. The molecule has 0 atom stereocenters. The summed E-state index contributed by atoms with van der Waals surface area (Å²) in [7, 11) is 0. The minimum absolute atomic E-state index is 0.553. The highest BCUT2D eigenvalue weighted by molar-refractivity contribution is 5.87. The highest BCUT2D eigenvalue weighted by Crippen LogP contribution is 2.28. The molecule has 2 N–H and O–H groups in total. The lowest BCUT2D eigenvalue weighted by Gasteiger charge is -2.13. The van der Waals surface area contributed by atoms with Crippen molar-refractivity contribution in [2.24, 2.45) is 5.92 Å². The van der Waals surface area contributed by atoms with Crippen LogP contribution in [0.1, 0.15) is 25.0 Å². The summed E-state index contributed by atoms with van der Waals surface area (Å²) in [6, 6.07) is 16.2. The van der Waals surface area contributed by atoms with Crippen LogP contribution in [0.3, 0.4) is 0 Å². The minimum Gasteiger partial charge on any atom is -0.489 e. The number of nitrogen functional groups attached to an aromatic ring is 1. The van der Waals surface area contributed by atoms with Gasteiger partial charge < -0.3 is 10.5 Å². The maximum Gasteiger partial charge on any atom is 0.122 e. The largest absolute Gasteiger partial charge is 0.489 e. The maximum absolute atomic E-state index is 6.11. The summed E-state index contributed by atoms with van der Waals surface area (Å²) in [5.41, 5.74) is 10.1. The zero-order chi connectivity index (χ0) is 16.2. The highest BCUT2D eigenvalue weighted by atomic mass is 16.5. The normalized spacial score (nSPS) is 11.1. The lowest BCUT2D eigenvalue weighted by atomic mass is 9.98. The van der Waals surface area contributed by atoms with Crippen LogP contribution in [0.15, 0.2) is 54.7 Å². The molecule has 0 unspecified atom stereocenters. The first-order chi connectivity index (χ1) is 11.1. The van der Waals surface area contributed by atoms with Crippen molar-refractivity contribution >= 4 is 16.6 Å². The Labute approximate surface area is 137 Å². The van der Waals surface area contributed by atoms with Gasteiger partial charge in [0, 0.05) is 11.5 Å². The molecule has 3 rings (SSSR count). The molecule has 0 aliphatic heterocycles. The van der Waals surface area contributed by atoms with Crippen molar-refractivity contribution in [2.45, 2.75) is 26.9 Å². The molecular formula is C20H22N2O. The number of hydrogen-bond donors (Lipinski definition) is 1. The van der Waals surface area contributed by atoms with Crippen molar-refractivity contribution in [3.05, 3.63) is 65.9 Å². The van der Waals surface area contributed by atoms with E-state index in [-0.39, 0.29) is 0 Å². The first-order valence-electron chi connectivity index (χ1n) is 7.97. The quantitative estimate of drug-likeness (QED) is 0.749. The number of hydrogen-bond acceptors (Lipinski definition) is 3. The van der Waals surface area contributed by atoms with Gasteiger partial charge in [0.15, 0.2) is 0 Å². The second-order valence-corrected chi connectivity index (χ2v) is 6.24. The maximum atomic E-state index is 6.11. The predicted octanol–water partition coefficient (Wildman–Crippen LogP) is 4.59. The van der Waals surface area contributed by atoms with Gasteiger partial charge in [0.25, 0.3) is 0 Å². The molecule has 0 amide bonds. The zero-order valence-corrected chi connectivity index (χ0v) is 13.6. The summed E-state index contributed by atoms with van der Waals surface area (Å²) < 4.78 is 5.88. The fraction of sp³-hybridized carbons (Fsp3) is 0.250. The molecular weight excluding hydrogens is 284 g/mol. The Bertz CT molecular complexity index is 797.